The molecule has 1 N–H and O–H groups in total. The van der Waals surface area contributed by atoms with Gasteiger partial charge in [-0.2, -0.15) is 0 Å². The first-order chi connectivity index (χ1) is 7.88. The van der Waals surface area contributed by atoms with Crippen molar-refractivity contribution in [1.29, 1.82) is 0 Å². The Balaban J connectivity index is 2.24. The molecule has 102 valence electrons. The second-order valence-electron chi connectivity index (χ2n) is 5.79. The van der Waals surface area contributed by atoms with Crippen LogP contribution >= 0.6 is 0 Å². The fourth-order valence-corrected chi connectivity index (χ4v) is 3.92. The van der Waals surface area contributed by atoms with Crippen LogP contribution in [0, 0.1) is 11.8 Å². The van der Waals surface area contributed by atoms with Crippen LogP contribution in [0.25, 0.3) is 0 Å². The molecule has 1 saturated carbocycles. The Bertz CT molecular complexity index is 307. The molecule has 2 atom stereocenters. The van der Waals surface area contributed by atoms with Gasteiger partial charge in [0.1, 0.15) is 9.84 Å². The number of sulfone groups is 1. The van der Waals surface area contributed by atoms with Crippen LogP contribution in [0.1, 0.15) is 46.0 Å². The van der Waals surface area contributed by atoms with Crippen LogP contribution in [-0.2, 0) is 9.84 Å². The summed E-state index contributed by atoms with van der Waals surface area (Å²) in [7, 11) is -2.84. The molecule has 3 nitrogen and oxygen atoms in total. The van der Waals surface area contributed by atoms with Crippen LogP contribution in [0.4, 0.5) is 0 Å². The monoisotopic (exact) mass is 261 g/mol. The first-order valence-electron chi connectivity index (χ1n) is 6.79. The molecule has 0 radical (unpaired) electrons. The van der Waals surface area contributed by atoms with Crippen molar-refractivity contribution in [2.75, 3.05) is 18.6 Å². The van der Waals surface area contributed by atoms with Gasteiger partial charge < -0.3 is 5.32 Å². The van der Waals surface area contributed by atoms with Gasteiger partial charge in [0.15, 0.2) is 0 Å². The molecule has 0 bridgehead atoms. The summed E-state index contributed by atoms with van der Waals surface area (Å²) in [6, 6.07) is 0.525. The molecule has 0 aliphatic heterocycles. The third-order valence-electron chi connectivity index (χ3n) is 3.73. The van der Waals surface area contributed by atoms with Gasteiger partial charge in [-0.1, -0.05) is 26.2 Å². The Morgan fingerprint density at radius 3 is 2.29 bits per heavy atom. The SMILES string of the molecule is C[C@H](CN[C@H](C)C1CCCCC1)CS(C)(=O)=O. The maximum atomic E-state index is 11.2. The zero-order valence-electron chi connectivity index (χ0n) is 11.4. The number of nitrogens with one attached hydrogen (secondary N) is 1. The largest absolute Gasteiger partial charge is 0.314 e. The van der Waals surface area contributed by atoms with Crippen molar-refractivity contribution in [3.8, 4) is 0 Å². The van der Waals surface area contributed by atoms with Gasteiger partial charge >= 0.3 is 0 Å². The van der Waals surface area contributed by atoms with Crippen molar-refractivity contribution < 1.29 is 8.42 Å². The van der Waals surface area contributed by atoms with Crippen molar-refractivity contribution in [3.63, 3.8) is 0 Å². The Morgan fingerprint density at radius 1 is 1.18 bits per heavy atom. The van der Waals surface area contributed by atoms with Crippen LogP contribution < -0.4 is 5.32 Å². The van der Waals surface area contributed by atoms with E-state index in [2.05, 4.69) is 12.2 Å². The Hall–Kier alpha value is -0.0900. The molecule has 0 aromatic carbocycles. The Labute approximate surface area is 106 Å². The van der Waals surface area contributed by atoms with Gasteiger partial charge in [-0.15, -0.1) is 0 Å². The molecular weight excluding hydrogens is 234 g/mol. The molecule has 17 heavy (non-hydrogen) atoms. The summed E-state index contributed by atoms with van der Waals surface area (Å²) in [5.74, 6) is 1.28. The maximum Gasteiger partial charge on any atom is 0.147 e. The predicted molar refractivity (Wildman–Crippen MR) is 72.9 cm³/mol. The van der Waals surface area contributed by atoms with Crippen LogP contribution in [0.5, 0.6) is 0 Å². The summed E-state index contributed by atoms with van der Waals surface area (Å²) in [5, 5.41) is 3.51. The number of rotatable bonds is 6. The minimum atomic E-state index is -2.84. The van der Waals surface area contributed by atoms with Crippen LogP contribution in [0.3, 0.4) is 0 Å². The van der Waals surface area contributed by atoms with Gasteiger partial charge in [-0.05, 0) is 38.1 Å². The zero-order valence-corrected chi connectivity index (χ0v) is 12.2. The maximum absolute atomic E-state index is 11.2. The lowest BCUT2D eigenvalue weighted by atomic mass is 9.84. The summed E-state index contributed by atoms with van der Waals surface area (Å²) in [4.78, 5) is 0. The average Bonchev–Trinajstić information content (AvgIpc) is 2.25. The van der Waals surface area contributed by atoms with Crippen molar-refractivity contribution in [2.24, 2.45) is 11.8 Å². The van der Waals surface area contributed by atoms with Crippen molar-refractivity contribution in [1.82, 2.24) is 5.32 Å². The molecule has 0 unspecified atom stereocenters. The van der Waals surface area contributed by atoms with E-state index >= 15 is 0 Å². The average molecular weight is 261 g/mol. The van der Waals surface area contributed by atoms with Gasteiger partial charge in [0.05, 0.1) is 5.75 Å². The van der Waals surface area contributed by atoms with E-state index in [0.29, 0.717) is 6.04 Å². The highest BCUT2D eigenvalue weighted by atomic mass is 32.2. The Morgan fingerprint density at radius 2 is 1.76 bits per heavy atom. The van der Waals surface area contributed by atoms with E-state index < -0.39 is 9.84 Å². The fourth-order valence-electron chi connectivity index (χ4n) is 2.76. The normalized spacial score (nSPS) is 22.3. The summed E-state index contributed by atoms with van der Waals surface area (Å²) in [6.45, 7) is 5.05. The molecule has 1 rings (SSSR count). The van der Waals surface area contributed by atoms with E-state index in [-0.39, 0.29) is 11.7 Å². The van der Waals surface area contributed by atoms with Crippen LogP contribution in [-0.4, -0.2) is 33.0 Å². The van der Waals surface area contributed by atoms with Gasteiger partial charge in [0, 0.05) is 12.3 Å². The van der Waals surface area contributed by atoms with E-state index in [9.17, 15) is 8.42 Å². The summed E-state index contributed by atoms with van der Waals surface area (Å²) >= 11 is 0. The molecule has 4 heteroatoms. The molecule has 0 aromatic rings. The second-order valence-corrected chi connectivity index (χ2v) is 7.98. The van der Waals surface area contributed by atoms with Gasteiger partial charge in [-0.3, -0.25) is 0 Å². The van der Waals surface area contributed by atoms with E-state index in [1.54, 1.807) is 0 Å². The lowest BCUT2D eigenvalue weighted by Crippen LogP contribution is -2.38. The quantitative estimate of drug-likeness (QED) is 0.797. The van der Waals surface area contributed by atoms with Crippen LogP contribution in [0.2, 0.25) is 0 Å². The molecule has 0 aromatic heterocycles. The summed E-state index contributed by atoms with van der Waals surface area (Å²) in [5.41, 5.74) is 0. The lowest BCUT2D eigenvalue weighted by molar-refractivity contribution is 0.276. The highest BCUT2D eigenvalue weighted by Gasteiger charge is 2.20. The second kappa shape index (κ2) is 6.74. The molecule has 1 fully saturated rings. The predicted octanol–water partition coefficient (Wildman–Crippen LogP) is 2.23. The minimum Gasteiger partial charge on any atom is -0.314 e. The third-order valence-corrected chi connectivity index (χ3v) is 4.91. The molecule has 1 aliphatic rings. The van der Waals surface area contributed by atoms with E-state index in [1.807, 2.05) is 6.92 Å². The number of hydrogen-bond acceptors (Lipinski definition) is 3. The van der Waals surface area contributed by atoms with E-state index in [1.165, 1.54) is 38.4 Å². The fraction of sp³-hybridized carbons (Fsp3) is 1.00. The van der Waals surface area contributed by atoms with Gasteiger partial charge in [-0.25, -0.2) is 8.42 Å². The summed E-state index contributed by atoms with van der Waals surface area (Å²) < 4.78 is 22.3. The van der Waals surface area contributed by atoms with Crippen molar-refractivity contribution in [3.05, 3.63) is 0 Å². The van der Waals surface area contributed by atoms with E-state index in [0.717, 1.165) is 12.5 Å². The lowest BCUT2D eigenvalue weighted by Gasteiger charge is -2.29. The summed E-state index contributed by atoms with van der Waals surface area (Å²) in [6.07, 6.45) is 8.07. The zero-order chi connectivity index (χ0) is 12.9. The smallest absolute Gasteiger partial charge is 0.147 e. The highest BCUT2D eigenvalue weighted by molar-refractivity contribution is 7.90. The molecule has 0 saturated heterocycles. The minimum absolute atomic E-state index is 0.205. The Kier molecular flexibility index (Phi) is 5.93. The van der Waals surface area contributed by atoms with Crippen molar-refractivity contribution >= 4 is 9.84 Å². The molecular formula is C13H27NO2S. The molecule has 0 spiro atoms. The van der Waals surface area contributed by atoms with E-state index in [4.69, 9.17) is 0 Å². The first-order valence-corrected chi connectivity index (χ1v) is 8.85. The third kappa shape index (κ3) is 6.41. The standard InChI is InChI=1S/C13H27NO2S/c1-11(10-17(3,15)16)9-14-12(2)13-7-5-4-6-8-13/h11-14H,4-10H2,1-3H3/t11-,12-/m1/s1. The molecule has 0 heterocycles. The number of hydrogen-bond donors (Lipinski definition) is 1. The van der Waals surface area contributed by atoms with Gasteiger partial charge in [0.25, 0.3) is 0 Å². The van der Waals surface area contributed by atoms with Crippen LogP contribution in [0.15, 0.2) is 0 Å². The molecule has 0 amide bonds. The van der Waals surface area contributed by atoms with Crippen molar-refractivity contribution in [2.45, 2.75) is 52.0 Å². The highest BCUT2D eigenvalue weighted by Crippen LogP contribution is 2.26. The molecule has 1 aliphatic carbocycles. The topological polar surface area (TPSA) is 46.2 Å². The van der Waals surface area contributed by atoms with Gasteiger partial charge in [0.2, 0.25) is 0 Å². The first kappa shape index (κ1) is 15.0.